The molecule has 2 aromatic heterocycles. The Morgan fingerprint density at radius 1 is 1.42 bits per heavy atom. The summed E-state index contributed by atoms with van der Waals surface area (Å²) < 4.78 is 5.40. The second-order valence-corrected chi connectivity index (χ2v) is 3.62. The normalized spacial score (nSPS) is 10.9. The third kappa shape index (κ3) is 0.894. The van der Waals surface area contributed by atoms with Gasteiger partial charge in [-0.25, -0.2) is 4.57 Å². The summed E-state index contributed by atoms with van der Waals surface area (Å²) in [6.45, 7) is 2.09. The molecule has 2 rings (SSSR count). The van der Waals surface area contributed by atoms with Gasteiger partial charge in [-0.3, -0.25) is 0 Å². The van der Waals surface area contributed by atoms with Gasteiger partial charge < -0.3 is 0 Å². The van der Waals surface area contributed by atoms with Gasteiger partial charge in [0.15, 0.2) is 5.69 Å². The van der Waals surface area contributed by atoms with Gasteiger partial charge in [0.05, 0.1) is 13.2 Å². The van der Waals surface area contributed by atoms with Gasteiger partial charge >= 0.3 is 0 Å². The number of imidazole rings is 1. The minimum Gasteiger partial charge on any atom is -0.229 e. The Bertz CT molecular complexity index is 392. The van der Waals surface area contributed by atoms with Crippen LogP contribution in [0.25, 0.3) is 5.65 Å². The first-order valence-electron chi connectivity index (χ1n) is 3.83. The van der Waals surface area contributed by atoms with Crippen LogP contribution in [0.4, 0.5) is 0 Å². The molecule has 0 saturated heterocycles. The van der Waals surface area contributed by atoms with E-state index >= 15 is 0 Å². The van der Waals surface area contributed by atoms with Gasteiger partial charge in [-0.05, 0) is 6.07 Å². The third-order valence-corrected chi connectivity index (χ3v) is 3.15. The molecule has 2 heterocycles. The smallest absolute Gasteiger partial charge is 0.229 e. The Kier molecular flexibility index (Phi) is 1.68. The number of nitrogens with zero attached hydrogens (tertiary/aromatic N) is 2. The molecule has 0 aliphatic heterocycles. The fourth-order valence-corrected chi connectivity index (χ4v) is 1.92. The van der Waals surface area contributed by atoms with Gasteiger partial charge in [-0.15, -0.1) is 0 Å². The van der Waals surface area contributed by atoms with Crippen LogP contribution in [0.1, 0.15) is 5.69 Å². The van der Waals surface area contributed by atoms with Crippen molar-refractivity contribution in [1.82, 2.24) is 4.57 Å². The summed E-state index contributed by atoms with van der Waals surface area (Å²) in [6, 6.07) is 6.16. The first kappa shape index (κ1) is 7.80. The van der Waals surface area contributed by atoms with Crippen LogP contribution in [0.5, 0.6) is 0 Å². The van der Waals surface area contributed by atoms with E-state index < -0.39 is 0 Å². The average Bonchev–Trinajstić information content (AvgIpc) is 2.33. The maximum atomic E-state index is 3.54. The molecule has 0 saturated carbocycles. The van der Waals surface area contributed by atoms with Crippen molar-refractivity contribution < 1.29 is 4.40 Å². The minimum absolute atomic E-state index is 1.13. The Morgan fingerprint density at radius 3 is 2.83 bits per heavy atom. The van der Waals surface area contributed by atoms with Crippen molar-refractivity contribution >= 4 is 21.6 Å². The molecule has 0 amide bonds. The predicted molar refractivity (Wildman–Crippen MR) is 51.0 cm³/mol. The van der Waals surface area contributed by atoms with Crippen molar-refractivity contribution in [2.75, 3.05) is 0 Å². The molecule has 0 aliphatic carbocycles. The number of halogens is 1. The minimum atomic E-state index is 1.13. The fraction of sp³-hybridized carbons (Fsp3) is 0.222. The molecule has 0 aliphatic rings. The summed E-state index contributed by atoms with van der Waals surface area (Å²) in [6.07, 6.45) is 2.05. The summed E-state index contributed by atoms with van der Waals surface area (Å²) in [5, 5.41) is 0. The summed E-state index contributed by atoms with van der Waals surface area (Å²) in [5.74, 6) is 0. The molecule has 2 aromatic rings. The largest absolute Gasteiger partial charge is 0.287 e. The second kappa shape index (κ2) is 2.59. The first-order chi connectivity index (χ1) is 5.72. The molecule has 0 atom stereocenters. The highest BCUT2D eigenvalue weighted by Gasteiger charge is 2.15. The van der Waals surface area contributed by atoms with Crippen LogP contribution in [0.2, 0.25) is 0 Å². The Hall–Kier alpha value is -0.830. The molecule has 0 aromatic carbocycles. The molecule has 0 spiro atoms. The van der Waals surface area contributed by atoms with Crippen LogP contribution < -0.4 is 4.40 Å². The number of hydrogen-bond acceptors (Lipinski definition) is 0. The van der Waals surface area contributed by atoms with E-state index in [4.69, 9.17) is 0 Å². The monoisotopic (exact) mass is 225 g/mol. The summed E-state index contributed by atoms with van der Waals surface area (Å²) in [4.78, 5) is 0. The topological polar surface area (TPSA) is 9.03 Å². The maximum Gasteiger partial charge on any atom is 0.287 e. The lowest BCUT2D eigenvalue weighted by Gasteiger charge is -1.85. The quantitative estimate of drug-likeness (QED) is 0.606. The van der Waals surface area contributed by atoms with Gasteiger partial charge in [0.2, 0.25) is 4.60 Å². The van der Waals surface area contributed by atoms with Crippen LogP contribution in [0, 0.1) is 6.92 Å². The molecule has 0 bridgehead atoms. The second-order valence-electron chi connectivity index (χ2n) is 2.86. The van der Waals surface area contributed by atoms with Gasteiger partial charge in [0.1, 0.15) is 0 Å². The maximum absolute atomic E-state index is 3.54. The van der Waals surface area contributed by atoms with Crippen molar-refractivity contribution in [3.05, 3.63) is 34.7 Å². The van der Waals surface area contributed by atoms with Crippen LogP contribution in [-0.4, -0.2) is 4.57 Å². The SMILES string of the molecule is Cc1c(Br)[n+]2ccccc2n1C. The molecule has 0 radical (unpaired) electrons. The lowest BCUT2D eigenvalue weighted by molar-refractivity contribution is -0.523. The molecule has 2 nitrogen and oxygen atoms in total. The Balaban J connectivity index is 2.99. The fourth-order valence-electron chi connectivity index (χ4n) is 1.36. The zero-order valence-electron chi connectivity index (χ0n) is 7.08. The Labute approximate surface area is 79.6 Å². The molecule has 12 heavy (non-hydrogen) atoms. The number of rotatable bonds is 0. The van der Waals surface area contributed by atoms with E-state index in [1.54, 1.807) is 0 Å². The van der Waals surface area contributed by atoms with Crippen LogP contribution in [0.15, 0.2) is 29.0 Å². The summed E-state index contributed by atoms with van der Waals surface area (Å²) >= 11 is 3.54. The van der Waals surface area contributed by atoms with Crippen molar-refractivity contribution in [3.8, 4) is 0 Å². The van der Waals surface area contributed by atoms with E-state index in [1.807, 2.05) is 18.3 Å². The molecule has 0 fully saturated rings. The number of fused-ring (bicyclic) bond motifs is 1. The molecular weight excluding hydrogens is 216 g/mol. The third-order valence-electron chi connectivity index (χ3n) is 2.20. The molecule has 0 unspecified atom stereocenters. The van der Waals surface area contributed by atoms with E-state index in [2.05, 4.69) is 44.9 Å². The predicted octanol–water partition coefficient (Wildman–Crippen LogP) is 1.83. The highest BCUT2D eigenvalue weighted by Crippen LogP contribution is 2.13. The van der Waals surface area contributed by atoms with E-state index in [-0.39, 0.29) is 0 Å². The van der Waals surface area contributed by atoms with Crippen LogP contribution >= 0.6 is 15.9 Å². The molecule has 0 N–H and O–H groups in total. The van der Waals surface area contributed by atoms with Crippen LogP contribution in [0.3, 0.4) is 0 Å². The van der Waals surface area contributed by atoms with Crippen LogP contribution in [-0.2, 0) is 7.05 Å². The van der Waals surface area contributed by atoms with E-state index in [1.165, 1.54) is 11.3 Å². The zero-order chi connectivity index (χ0) is 8.72. The number of pyridine rings is 1. The van der Waals surface area contributed by atoms with Gasteiger partial charge in [0.25, 0.3) is 5.65 Å². The lowest BCUT2D eigenvalue weighted by atomic mass is 10.5. The summed E-state index contributed by atoms with van der Waals surface area (Å²) in [7, 11) is 2.06. The molecule has 62 valence electrons. The number of aromatic nitrogens is 2. The van der Waals surface area contributed by atoms with E-state index in [0.717, 1.165) is 4.60 Å². The zero-order valence-corrected chi connectivity index (χ0v) is 8.67. The lowest BCUT2D eigenvalue weighted by Crippen LogP contribution is -2.19. The number of hydrogen-bond donors (Lipinski definition) is 0. The van der Waals surface area contributed by atoms with Crippen molar-refractivity contribution in [1.29, 1.82) is 0 Å². The van der Waals surface area contributed by atoms with E-state index in [0.29, 0.717) is 0 Å². The first-order valence-corrected chi connectivity index (χ1v) is 4.62. The average molecular weight is 226 g/mol. The summed E-state index contributed by atoms with van der Waals surface area (Å²) in [5.41, 5.74) is 2.43. The van der Waals surface area contributed by atoms with E-state index in [9.17, 15) is 0 Å². The van der Waals surface area contributed by atoms with Crippen molar-refractivity contribution in [2.24, 2.45) is 7.05 Å². The highest BCUT2D eigenvalue weighted by molar-refractivity contribution is 9.10. The highest BCUT2D eigenvalue weighted by atomic mass is 79.9. The standard InChI is InChI=1S/C9H10BrN2/c1-7-9(10)12-6-4-3-5-8(12)11(7)2/h3-6H,1-2H3/q+1. The number of aryl methyl sites for hydroxylation is 1. The molecular formula is C9H10BrN2+. The molecule has 3 heteroatoms. The van der Waals surface area contributed by atoms with Gasteiger partial charge in [-0.2, -0.15) is 4.40 Å². The van der Waals surface area contributed by atoms with Crippen molar-refractivity contribution in [3.63, 3.8) is 0 Å². The van der Waals surface area contributed by atoms with Gasteiger partial charge in [0, 0.05) is 28.9 Å². The van der Waals surface area contributed by atoms with Gasteiger partial charge in [-0.1, -0.05) is 6.07 Å². The van der Waals surface area contributed by atoms with Crippen molar-refractivity contribution in [2.45, 2.75) is 6.92 Å². The Morgan fingerprint density at radius 2 is 2.17 bits per heavy atom.